The Morgan fingerprint density at radius 2 is 1.94 bits per heavy atom. The Balaban J connectivity index is 2.24. The third-order valence-corrected chi connectivity index (χ3v) is 4.26. The lowest BCUT2D eigenvalue weighted by Gasteiger charge is -2.07. The number of rotatable bonds is 3. The molecule has 0 spiro atoms. The molecule has 3 nitrogen and oxygen atoms in total. The highest BCUT2D eigenvalue weighted by molar-refractivity contribution is 9.10. The lowest BCUT2D eigenvalue weighted by molar-refractivity contribution is 0.476. The minimum atomic E-state index is 0.600. The second-order valence-electron chi connectivity index (χ2n) is 3.80. The van der Waals surface area contributed by atoms with Crippen molar-refractivity contribution in [2.45, 2.75) is 27.2 Å². The van der Waals surface area contributed by atoms with Crippen LogP contribution in [0.25, 0.3) is 0 Å². The third-order valence-electron chi connectivity index (χ3n) is 2.38. The van der Waals surface area contributed by atoms with E-state index in [4.69, 9.17) is 4.74 Å². The molecule has 0 bridgehead atoms. The summed E-state index contributed by atoms with van der Waals surface area (Å²) in [6.45, 7) is 6.11. The number of hydrogen-bond acceptors (Lipinski definition) is 4. The topological polar surface area (TPSA) is 35.0 Å². The Morgan fingerprint density at radius 1 is 1.29 bits per heavy atom. The number of nitrogens with zero attached hydrogens (tertiary/aromatic N) is 2. The van der Waals surface area contributed by atoms with E-state index < -0.39 is 0 Å². The smallest absolute Gasteiger partial charge is 0.298 e. The molecule has 1 heterocycles. The summed E-state index contributed by atoms with van der Waals surface area (Å²) in [6.07, 6.45) is 0.832. The zero-order valence-corrected chi connectivity index (χ0v) is 12.4. The van der Waals surface area contributed by atoms with E-state index in [1.807, 2.05) is 32.9 Å². The molecule has 2 aromatic rings. The van der Waals surface area contributed by atoms with E-state index in [0.717, 1.165) is 33.6 Å². The van der Waals surface area contributed by atoms with E-state index in [0.29, 0.717) is 5.19 Å². The van der Waals surface area contributed by atoms with Gasteiger partial charge < -0.3 is 4.74 Å². The molecule has 2 rings (SSSR count). The average molecular weight is 313 g/mol. The first-order valence-electron chi connectivity index (χ1n) is 5.37. The highest BCUT2D eigenvalue weighted by Crippen LogP contribution is 2.30. The van der Waals surface area contributed by atoms with Gasteiger partial charge in [0.05, 0.1) is 0 Å². The van der Waals surface area contributed by atoms with E-state index in [9.17, 15) is 0 Å². The van der Waals surface area contributed by atoms with Gasteiger partial charge in [-0.3, -0.25) is 0 Å². The maximum atomic E-state index is 5.70. The van der Waals surface area contributed by atoms with Crippen molar-refractivity contribution >= 4 is 27.5 Å². The summed E-state index contributed by atoms with van der Waals surface area (Å²) < 4.78 is 11.0. The predicted molar refractivity (Wildman–Crippen MR) is 73.0 cm³/mol. The van der Waals surface area contributed by atoms with Crippen LogP contribution < -0.4 is 4.74 Å². The van der Waals surface area contributed by atoms with Crippen LogP contribution in [0.1, 0.15) is 23.9 Å². The van der Waals surface area contributed by atoms with E-state index >= 15 is 0 Å². The predicted octanol–water partition coefficient (Wildman–Crippen LogP) is 4.27. The van der Waals surface area contributed by atoms with E-state index in [2.05, 4.69) is 25.3 Å². The summed E-state index contributed by atoms with van der Waals surface area (Å²) in [6, 6.07) is 3.98. The fourth-order valence-corrected chi connectivity index (χ4v) is 2.35. The van der Waals surface area contributed by atoms with Crippen LogP contribution in [-0.2, 0) is 6.42 Å². The normalized spacial score (nSPS) is 10.6. The van der Waals surface area contributed by atoms with Gasteiger partial charge in [-0.2, -0.15) is 9.36 Å². The van der Waals surface area contributed by atoms with Gasteiger partial charge in [-0.1, -0.05) is 22.9 Å². The van der Waals surface area contributed by atoms with Gasteiger partial charge in [0.25, 0.3) is 5.19 Å². The second-order valence-corrected chi connectivity index (χ2v) is 5.31. The molecule has 0 amide bonds. The third kappa shape index (κ3) is 2.84. The van der Waals surface area contributed by atoms with Crippen molar-refractivity contribution in [2.24, 2.45) is 0 Å². The van der Waals surface area contributed by atoms with Gasteiger partial charge >= 0.3 is 0 Å². The maximum absolute atomic E-state index is 5.70. The molecule has 0 aliphatic heterocycles. The summed E-state index contributed by atoms with van der Waals surface area (Å²) in [5, 5.41) is 0.600. The van der Waals surface area contributed by atoms with Crippen LogP contribution in [0.2, 0.25) is 0 Å². The van der Waals surface area contributed by atoms with Gasteiger partial charge in [0, 0.05) is 22.4 Å². The van der Waals surface area contributed by atoms with Crippen LogP contribution in [0, 0.1) is 13.8 Å². The molecule has 0 fully saturated rings. The van der Waals surface area contributed by atoms with E-state index in [-0.39, 0.29) is 0 Å². The summed E-state index contributed by atoms with van der Waals surface area (Å²) in [5.41, 5.74) is 2.31. The first-order chi connectivity index (χ1) is 8.10. The number of benzene rings is 1. The van der Waals surface area contributed by atoms with Gasteiger partial charge in [0.2, 0.25) is 0 Å². The molecular weight excluding hydrogens is 300 g/mol. The number of aromatic nitrogens is 2. The first-order valence-corrected chi connectivity index (χ1v) is 6.94. The van der Waals surface area contributed by atoms with Crippen LogP contribution in [0.4, 0.5) is 0 Å². The number of aryl methyl sites for hydroxylation is 3. The average Bonchev–Trinajstić information content (AvgIpc) is 2.73. The summed E-state index contributed by atoms with van der Waals surface area (Å²) in [5.74, 6) is 1.64. The van der Waals surface area contributed by atoms with E-state index in [1.165, 1.54) is 11.5 Å². The molecule has 5 heteroatoms. The SMILES string of the molecule is CCc1nsc(Oc2cc(C)c(Br)c(C)c2)n1. The van der Waals surface area contributed by atoms with Crippen LogP contribution in [0.15, 0.2) is 16.6 Å². The molecule has 0 saturated carbocycles. The van der Waals surface area contributed by atoms with Gasteiger partial charge in [-0.05, 0) is 37.1 Å². The van der Waals surface area contributed by atoms with Crippen LogP contribution in [-0.4, -0.2) is 9.36 Å². The van der Waals surface area contributed by atoms with Crippen molar-refractivity contribution in [3.8, 4) is 10.9 Å². The van der Waals surface area contributed by atoms with Crippen molar-refractivity contribution in [3.63, 3.8) is 0 Å². The maximum Gasteiger partial charge on any atom is 0.298 e. The molecule has 17 heavy (non-hydrogen) atoms. The lowest BCUT2D eigenvalue weighted by atomic mass is 10.1. The molecule has 0 aliphatic carbocycles. The summed E-state index contributed by atoms with van der Waals surface area (Å²) in [7, 11) is 0. The van der Waals surface area contributed by atoms with Gasteiger partial charge in [0.1, 0.15) is 11.6 Å². The molecule has 0 unspecified atom stereocenters. The molecule has 1 aromatic carbocycles. The Kier molecular flexibility index (Phi) is 3.79. The largest absolute Gasteiger partial charge is 0.430 e. The van der Waals surface area contributed by atoms with Crippen molar-refractivity contribution < 1.29 is 4.74 Å². The minimum absolute atomic E-state index is 0.600. The molecule has 0 aliphatic rings. The lowest BCUT2D eigenvalue weighted by Crippen LogP contribution is -1.88. The molecule has 0 atom stereocenters. The summed E-state index contributed by atoms with van der Waals surface area (Å²) in [4.78, 5) is 4.28. The van der Waals surface area contributed by atoms with Gasteiger partial charge in [-0.25, -0.2) is 0 Å². The molecule has 1 aromatic heterocycles. The number of halogens is 1. The fraction of sp³-hybridized carbons (Fsp3) is 0.333. The Labute approximate surface area is 113 Å². The van der Waals surface area contributed by atoms with Crippen LogP contribution in [0.5, 0.6) is 10.9 Å². The van der Waals surface area contributed by atoms with E-state index in [1.54, 1.807) is 0 Å². The Hall–Kier alpha value is -0.940. The highest BCUT2D eigenvalue weighted by Gasteiger charge is 2.07. The minimum Gasteiger partial charge on any atom is -0.430 e. The Morgan fingerprint density at radius 3 is 2.47 bits per heavy atom. The second kappa shape index (κ2) is 5.14. The van der Waals surface area contributed by atoms with Crippen molar-refractivity contribution in [2.75, 3.05) is 0 Å². The molecular formula is C12H13BrN2OS. The standard InChI is InChI=1S/C12H13BrN2OS/c1-4-10-14-12(17-15-10)16-9-5-7(2)11(13)8(3)6-9/h5-6H,4H2,1-3H3. The highest BCUT2D eigenvalue weighted by atomic mass is 79.9. The zero-order chi connectivity index (χ0) is 12.4. The first kappa shape index (κ1) is 12.5. The summed E-state index contributed by atoms with van der Waals surface area (Å²) >= 11 is 4.82. The monoisotopic (exact) mass is 312 g/mol. The molecule has 90 valence electrons. The number of ether oxygens (including phenoxy) is 1. The van der Waals surface area contributed by atoms with Crippen LogP contribution in [0.3, 0.4) is 0 Å². The molecule has 0 radical (unpaired) electrons. The zero-order valence-electron chi connectivity index (χ0n) is 9.95. The van der Waals surface area contributed by atoms with Crippen molar-refractivity contribution in [3.05, 3.63) is 33.6 Å². The van der Waals surface area contributed by atoms with Crippen molar-refractivity contribution in [1.29, 1.82) is 0 Å². The quantitative estimate of drug-likeness (QED) is 0.848. The molecule has 0 saturated heterocycles. The Bertz CT molecular complexity index is 516. The fourth-order valence-electron chi connectivity index (χ4n) is 1.49. The molecule has 0 N–H and O–H groups in total. The van der Waals surface area contributed by atoms with Gasteiger partial charge in [-0.15, -0.1) is 0 Å². The van der Waals surface area contributed by atoms with Crippen molar-refractivity contribution in [1.82, 2.24) is 9.36 Å². The number of hydrogen-bond donors (Lipinski definition) is 0. The van der Waals surface area contributed by atoms with Gasteiger partial charge in [0.15, 0.2) is 0 Å². The van der Waals surface area contributed by atoms with Crippen LogP contribution >= 0.6 is 27.5 Å².